The van der Waals surface area contributed by atoms with Crippen molar-refractivity contribution in [2.75, 3.05) is 0 Å². The quantitative estimate of drug-likeness (QED) is 0.602. The number of carboxylic acids is 1. The number of hydrogen-bond donors (Lipinski definition) is 2. The summed E-state index contributed by atoms with van der Waals surface area (Å²) in [6.45, 7) is 6.35. The van der Waals surface area contributed by atoms with Crippen molar-refractivity contribution < 1.29 is 29.0 Å². The topological polar surface area (TPSA) is 102 Å². The summed E-state index contributed by atoms with van der Waals surface area (Å²) in [7, 11) is 0. The molecule has 0 aromatic rings. The zero-order valence-electron chi connectivity index (χ0n) is 12.6. The Morgan fingerprint density at radius 1 is 1.29 bits per heavy atom. The number of carboxylic acid groups (broad SMARTS) is 1. The lowest BCUT2D eigenvalue weighted by molar-refractivity contribution is -0.144. The molecule has 0 radical (unpaired) electrons. The van der Waals surface area contributed by atoms with Crippen LogP contribution in [0.2, 0.25) is 0 Å². The standard InChI is InChI=1S/C14H21NO6/c1-8(16)20-10-6-5-9(7-10)11(12(17)18)15-13(19)21-14(2,3)4/h5-6,9-11H,7H2,1-4H3,(H,15,19)(H,17,18)/t9-,10-,11+/m1/s1. The van der Waals surface area contributed by atoms with Crippen molar-refractivity contribution in [3.05, 3.63) is 12.2 Å². The van der Waals surface area contributed by atoms with E-state index in [9.17, 15) is 19.5 Å². The van der Waals surface area contributed by atoms with E-state index in [-0.39, 0.29) is 0 Å². The van der Waals surface area contributed by atoms with Crippen LogP contribution in [0.1, 0.15) is 34.1 Å². The highest BCUT2D eigenvalue weighted by molar-refractivity contribution is 5.80. The van der Waals surface area contributed by atoms with Crippen molar-refractivity contribution in [3.63, 3.8) is 0 Å². The lowest BCUT2D eigenvalue weighted by Gasteiger charge is -2.24. The molecule has 1 rings (SSSR count). The Kier molecular flexibility index (Phi) is 5.34. The highest BCUT2D eigenvalue weighted by atomic mass is 16.6. The third-order valence-electron chi connectivity index (χ3n) is 2.76. The van der Waals surface area contributed by atoms with Crippen LogP contribution in [0.5, 0.6) is 0 Å². The average Bonchev–Trinajstić information content (AvgIpc) is 2.70. The number of rotatable bonds is 4. The molecular weight excluding hydrogens is 278 g/mol. The molecule has 0 spiro atoms. The number of carbonyl (C=O) groups is 3. The van der Waals surface area contributed by atoms with E-state index in [1.54, 1.807) is 32.9 Å². The molecule has 0 aromatic carbocycles. The van der Waals surface area contributed by atoms with Crippen LogP contribution in [0.4, 0.5) is 4.79 Å². The first kappa shape index (κ1) is 17.0. The van der Waals surface area contributed by atoms with E-state index in [1.807, 2.05) is 0 Å². The molecule has 2 N–H and O–H groups in total. The largest absolute Gasteiger partial charge is 0.480 e. The van der Waals surface area contributed by atoms with Crippen molar-refractivity contribution in [2.45, 2.75) is 51.9 Å². The van der Waals surface area contributed by atoms with Crippen LogP contribution in [0, 0.1) is 5.92 Å². The number of nitrogens with one attached hydrogen (secondary N) is 1. The second-order valence-electron chi connectivity index (χ2n) is 5.89. The Balaban J connectivity index is 2.64. The maximum atomic E-state index is 11.7. The van der Waals surface area contributed by atoms with Gasteiger partial charge in [-0.2, -0.15) is 0 Å². The van der Waals surface area contributed by atoms with Crippen LogP contribution < -0.4 is 5.32 Å². The van der Waals surface area contributed by atoms with Gasteiger partial charge in [0.25, 0.3) is 0 Å². The maximum Gasteiger partial charge on any atom is 0.408 e. The van der Waals surface area contributed by atoms with Crippen LogP contribution in [-0.2, 0) is 19.1 Å². The highest BCUT2D eigenvalue weighted by Gasteiger charge is 2.34. The Morgan fingerprint density at radius 3 is 2.38 bits per heavy atom. The Morgan fingerprint density at radius 2 is 1.90 bits per heavy atom. The summed E-state index contributed by atoms with van der Waals surface area (Å²) in [5.41, 5.74) is -0.709. The Labute approximate surface area is 123 Å². The van der Waals surface area contributed by atoms with Crippen molar-refractivity contribution >= 4 is 18.0 Å². The molecule has 0 aliphatic heterocycles. The fourth-order valence-electron chi connectivity index (χ4n) is 2.03. The number of esters is 1. The molecule has 0 saturated heterocycles. The van der Waals surface area contributed by atoms with Gasteiger partial charge in [-0.3, -0.25) is 4.79 Å². The average molecular weight is 299 g/mol. The Hall–Kier alpha value is -2.05. The number of alkyl carbamates (subject to hydrolysis) is 1. The summed E-state index contributed by atoms with van der Waals surface area (Å²) >= 11 is 0. The first-order valence-electron chi connectivity index (χ1n) is 6.66. The van der Waals surface area contributed by atoms with Gasteiger partial charge in [-0.1, -0.05) is 6.08 Å². The molecule has 1 aliphatic carbocycles. The molecule has 0 bridgehead atoms. The van der Waals surface area contributed by atoms with Gasteiger partial charge < -0.3 is 19.9 Å². The van der Waals surface area contributed by atoms with Gasteiger partial charge in [-0.25, -0.2) is 9.59 Å². The van der Waals surface area contributed by atoms with Crippen molar-refractivity contribution in [2.24, 2.45) is 5.92 Å². The van der Waals surface area contributed by atoms with Gasteiger partial charge >= 0.3 is 18.0 Å². The molecule has 7 nitrogen and oxygen atoms in total. The molecule has 0 unspecified atom stereocenters. The fourth-order valence-corrected chi connectivity index (χ4v) is 2.03. The van der Waals surface area contributed by atoms with Gasteiger partial charge in [0.05, 0.1) is 0 Å². The van der Waals surface area contributed by atoms with E-state index in [4.69, 9.17) is 9.47 Å². The summed E-state index contributed by atoms with van der Waals surface area (Å²) in [4.78, 5) is 33.9. The minimum atomic E-state index is -1.17. The van der Waals surface area contributed by atoms with Crippen molar-refractivity contribution in [1.82, 2.24) is 5.32 Å². The number of carbonyl (C=O) groups excluding carboxylic acids is 2. The minimum Gasteiger partial charge on any atom is -0.480 e. The monoisotopic (exact) mass is 299 g/mol. The summed E-state index contributed by atoms with van der Waals surface area (Å²) in [5.74, 6) is -2.06. The highest BCUT2D eigenvalue weighted by Crippen LogP contribution is 2.24. The zero-order chi connectivity index (χ0) is 16.2. The van der Waals surface area contributed by atoms with Gasteiger partial charge in [0.1, 0.15) is 17.7 Å². The molecule has 1 aliphatic rings. The van der Waals surface area contributed by atoms with Crippen molar-refractivity contribution in [3.8, 4) is 0 Å². The first-order valence-corrected chi connectivity index (χ1v) is 6.66. The molecule has 0 saturated carbocycles. The Bertz CT molecular complexity index is 451. The third-order valence-corrected chi connectivity index (χ3v) is 2.76. The third kappa shape index (κ3) is 5.85. The maximum absolute atomic E-state index is 11.7. The fraction of sp³-hybridized carbons (Fsp3) is 0.643. The number of hydrogen-bond acceptors (Lipinski definition) is 5. The predicted octanol–water partition coefficient (Wildman–Crippen LogP) is 1.47. The SMILES string of the molecule is CC(=O)O[C@@H]1C=C[C@@H]([C@H](NC(=O)OC(C)(C)C)C(=O)O)C1. The van der Waals surface area contributed by atoms with E-state index in [0.29, 0.717) is 6.42 Å². The van der Waals surface area contributed by atoms with E-state index >= 15 is 0 Å². The number of aliphatic carboxylic acids is 1. The molecular formula is C14H21NO6. The second kappa shape index (κ2) is 6.60. The van der Waals surface area contributed by atoms with Gasteiger partial charge in [0, 0.05) is 12.8 Å². The number of amides is 1. The summed E-state index contributed by atoms with van der Waals surface area (Å²) in [5, 5.41) is 11.6. The summed E-state index contributed by atoms with van der Waals surface area (Å²) in [6.07, 6.45) is 2.31. The summed E-state index contributed by atoms with van der Waals surface area (Å²) < 4.78 is 10.0. The summed E-state index contributed by atoms with van der Waals surface area (Å²) in [6, 6.07) is -1.13. The zero-order valence-corrected chi connectivity index (χ0v) is 12.6. The van der Waals surface area contributed by atoms with Gasteiger partial charge in [-0.15, -0.1) is 0 Å². The van der Waals surface area contributed by atoms with Gasteiger partial charge in [0.15, 0.2) is 0 Å². The predicted molar refractivity (Wildman–Crippen MR) is 73.6 cm³/mol. The van der Waals surface area contributed by atoms with E-state index in [1.165, 1.54) is 6.92 Å². The van der Waals surface area contributed by atoms with E-state index < -0.39 is 41.7 Å². The molecule has 21 heavy (non-hydrogen) atoms. The van der Waals surface area contributed by atoms with Gasteiger partial charge in [0.2, 0.25) is 0 Å². The first-order chi connectivity index (χ1) is 9.58. The van der Waals surface area contributed by atoms with Crippen LogP contribution in [0.25, 0.3) is 0 Å². The smallest absolute Gasteiger partial charge is 0.408 e. The molecule has 0 heterocycles. The molecule has 1 amide bonds. The van der Waals surface area contributed by atoms with Crippen LogP contribution >= 0.6 is 0 Å². The molecule has 0 aromatic heterocycles. The normalized spacial score (nSPS) is 22.5. The lowest BCUT2D eigenvalue weighted by Crippen LogP contribution is -2.47. The van der Waals surface area contributed by atoms with Crippen molar-refractivity contribution in [1.29, 1.82) is 0 Å². The van der Waals surface area contributed by atoms with E-state index in [2.05, 4.69) is 5.32 Å². The molecule has 118 valence electrons. The molecule has 0 fully saturated rings. The van der Waals surface area contributed by atoms with Crippen LogP contribution in [0.3, 0.4) is 0 Å². The molecule has 7 heteroatoms. The second-order valence-corrected chi connectivity index (χ2v) is 5.89. The molecule has 3 atom stereocenters. The van der Waals surface area contributed by atoms with Crippen LogP contribution in [-0.4, -0.2) is 40.9 Å². The minimum absolute atomic E-state index is 0.312. The van der Waals surface area contributed by atoms with Gasteiger partial charge in [-0.05, 0) is 33.3 Å². The number of ether oxygens (including phenoxy) is 2. The van der Waals surface area contributed by atoms with E-state index in [0.717, 1.165) is 0 Å². The lowest BCUT2D eigenvalue weighted by atomic mass is 9.99. The van der Waals surface area contributed by atoms with Crippen LogP contribution in [0.15, 0.2) is 12.2 Å².